The number of benzene rings is 1. The minimum absolute atomic E-state index is 0.123. The molecule has 0 aliphatic rings. The number of carbonyl (C=O) groups is 1. The van der Waals surface area contributed by atoms with E-state index in [0.717, 1.165) is 10.0 Å². The number of hydrogen-bond donors (Lipinski definition) is 1. The van der Waals surface area contributed by atoms with Crippen LogP contribution in [0, 0.1) is 0 Å². The molecule has 96 valence electrons. The van der Waals surface area contributed by atoms with Gasteiger partial charge in [0.2, 0.25) is 0 Å². The summed E-state index contributed by atoms with van der Waals surface area (Å²) in [7, 11) is 0. The fraction of sp³-hybridized carbons (Fsp3) is 0. The Morgan fingerprint density at radius 1 is 1.32 bits per heavy atom. The zero-order valence-electron chi connectivity index (χ0n) is 9.68. The van der Waals surface area contributed by atoms with E-state index in [0.29, 0.717) is 0 Å². The summed E-state index contributed by atoms with van der Waals surface area (Å²) in [4.78, 5) is 15.7. The fourth-order valence-electron chi connectivity index (χ4n) is 1.45. The molecule has 0 fully saturated rings. The third-order valence-corrected chi connectivity index (χ3v) is 3.15. The maximum atomic E-state index is 11.9. The highest BCUT2D eigenvalue weighted by atomic mass is 79.9. The number of aromatic nitrogens is 1. The Balaban J connectivity index is 2.18. The Morgan fingerprint density at radius 3 is 2.63 bits per heavy atom. The highest BCUT2D eigenvalue weighted by Gasteiger charge is 2.09. The van der Waals surface area contributed by atoms with E-state index in [1.165, 1.54) is 18.3 Å². The Morgan fingerprint density at radius 2 is 2.00 bits per heavy atom. The lowest BCUT2D eigenvalue weighted by atomic mass is 10.1. The Kier molecular flexibility index (Phi) is 4.35. The number of rotatable bonds is 3. The van der Waals surface area contributed by atoms with Crippen LogP contribution in [0.15, 0.2) is 47.1 Å². The Bertz CT molecular complexity index is 638. The maximum absolute atomic E-state index is 11.9. The summed E-state index contributed by atoms with van der Waals surface area (Å²) in [6.45, 7) is 0. The molecule has 0 saturated heterocycles. The van der Waals surface area contributed by atoms with Gasteiger partial charge in [-0.1, -0.05) is 45.7 Å². The topological polar surface area (TPSA) is 50.2 Å². The molecular formula is C14H9BrClNO2. The van der Waals surface area contributed by atoms with Gasteiger partial charge in [-0.05, 0) is 23.8 Å². The molecule has 3 nitrogen and oxygen atoms in total. The number of nitrogens with zero attached hydrogens (tertiary/aromatic N) is 1. The molecule has 1 heterocycles. The summed E-state index contributed by atoms with van der Waals surface area (Å²) in [5.74, 6) is -0.505. The lowest BCUT2D eigenvalue weighted by Gasteiger charge is -2.00. The molecule has 0 aliphatic carbocycles. The average Bonchev–Trinajstić information content (AvgIpc) is 2.37. The van der Waals surface area contributed by atoms with E-state index in [-0.39, 0.29) is 22.2 Å². The van der Waals surface area contributed by atoms with Crippen molar-refractivity contribution in [1.29, 1.82) is 0 Å². The van der Waals surface area contributed by atoms with Gasteiger partial charge in [0.15, 0.2) is 5.78 Å². The van der Waals surface area contributed by atoms with Crippen LogP contribution in [-0.4, -0.2) is 15.9 Å². The average molecular weight is 339 g/mol. The van der Waals surface area contributed by atoms with Crippen LogP contribution in [0.25, 0.3) is 6.08 Å². The van der Waals surface area contributed by atoms with Gasteiger partial charge < -0.3 is 5.11 Å². The van der Waals surface area contributed by atoms with Crippen LogP contribution in [0.2, 0.25) is 5.15 Å². The minimum atomic E-state index is -0.329. The van der Waals surface area contributed by atoms with Crippen molar-refractivity contribution < 1.29 is 9.90 Å². The van der Waals surface area contributed by atoms with Gasteiger partial charge in [-0.3, -0.25) is 4.79 Å². The van der Waals surface area contributed by atoms with E-state index in [9.17, 15) is 9.90 Å². The SMILES string of the molecule is O=C(C=Cc1ccc(Br)cc1)c1cnc(Cl)cc1O. The van der Waals surface area contributed by atoms with Crippen LogP contribution in [0.5, 0.6) is 5.75 Å². The fourth-order valence-corrected chi connectivity index (χ4v) is 1.86. The second-order valence-electron chi connectivity index (χ2n) is 3.77. The zero-order valence-corrected chi connectivity index (χ0v) is 12.0. The lowest BCUT2D eigenvalue weighted by molar-refractivity contribution is 0.104. The molecule has 0 radical (unpaired) electrons. The molecule has 0 amide bonds. The third kappa shape index (κ3) is 3.66. The van der Waals surface area contributed by atoms with Crippen molar-refractivity contribution in [2.75, 3.05) is 0 Å². The van der Waals surface area contributed by atoms with Crippen LogP contribution in [0.3, 0.4) is 0 Å². The largest absolute Gasteiger partial charge is 0.507 e. The second kappa shape index (κ2) is 5.99. The van der Waals surface area contributed by atoms with Gasteiger partial charge in [0.1, 0.15) is 10.9 Å². The van der Waals surface area contributed by atoms with Crippen molar-refractivity contribution in [1.82, 2.24) is 4.98 Å². The molecule has 19 heavy (non-hydrogen) atoms. The molecule has 5 heteroatoms. The van der Waals surface area contributed by atoms with Crippen molar-refractivity contribution in [3.63, 3.8) is 0 Å². The summed E-state index contributed by atoms with van der Waals surface area (Å²) in [5.41, 5.74) is 1.01. The van der Waals surface area contributed by atoms with E-state index in [2.05, 4.69) is 20.9 Å². The summed E-state index contributed by atoms with van der Waals surface area (Å²) in [5, 5.41) is 9.75. The number of aromatic hydroxyl groups is 1. The van der Waals surface area contributed by atoms with Gasteiger partial charge in [-0.2, -0.15) is 0 Å². The summed E-state index contributed by atoms with van der Waals surface area (Å²) < 4.78 is 0.968. The van der Waals surface area contributed by atoms with E-state index in [4.69, 9.17) is 11.6 Å². The van der Waals surface area contributed by atoms with Crippen LogP contribution >= 0.6 is 27.5 Å². The van der Waals surface area contributed by atoms with Gasteiger partial charge in [-0.25, -0.2) is 4.98 Å². The van der Waals surface area contributed by atoms with Gasteiger partial charge >= 0.3 is 0 Å². The standard InChI is InChI=1S/C14H9BrClNO2/c15-10-4-1-9(2-5-10)3-6-12(18)11-8-17-14(16)7-13(11)19/h1-8H,(H,17,19). The van der Waals surface area contributed by atoms with Gasteiger partial charge in [0.05, 0.1) is 5.56 Å². The molecule has 0 bridgehead atoms. The molecule has 0 saturated carbocycles. The first-order chi connectivity index (χ1) is 9.06. The molecule has 0 unspecified atom stereocenters. The number of carbonyl (C=O) groups excluding carboxylic acids is 1. The van der Waals surface area contributed by atoms with Crippen molar-refractivity contribution >= 4 is 39.4 Å². The smallest absolute Gasteiger partial charge is 0.191 e. The number of hydrogen-bond acceptors (Lipinski definition) is 3. The van der Waals surface area contributed by atoms with Crippen LogP contribution in [0.1, 0.15) is 15.9 Å². The summed E-state index contributed by atoms with van der Waals surface area (Å²) in [6, 6.07) is 8.74. The predicted molar refractivity (Wildman–Crippen MR) is 78.4 cm³/mol. The number of halogens is 2. The van der Waals surface area contributed by atoms with Crippen LogP contribution in [0.4, 0.5) is 0 Å². The van der Waals surface area contributed by atoms with E-state index < -0.39 is 0 Å². The van der Waals surface area contributed by atoms with Gasteiger partial charge in [0.25, 0.3) is 0 Å². The highest BCUT2D eigenvalue weighted by molar-refractivity contribution is 9.10. The summed E-state index contributed by atoms with van der Waals surface area (Å²) >= 11 is 8.94. The third-order valence-electron chi connectivity index (χ3n) is 2.41. The van der Waals surface area contributed by atoms with E-state index in [1.807, 2.05) is 24.3 Å². The van der Waals surface area contributed by atoms with Crippen molar-refractivity contribution in [3.05, 3.63) is 63.4 Å². The number of allylic oxidation sites excluding steroid dienone is 1. The zero-order chi connectivity index (χ0) is 13.8. The number of pyridine rings is 1. The molecule has 2 rings (SSSR count). The van der Waals surface area contributed by atoms with E-state index >= 15 is 0 Å². The van der Waals surface area contributed by atoms with Crippen molar-refractivity contribution in [3.8, 4) is 5.75 Å². The number of ketones is 1. The first-order valence-corrected chi connectivity index (χ1v) is 6.56. The normalized spacial score (nSPS) is 10.8. The first-order valence-electron chi connectivity index (χ1n) is 5.39. The van der Waals surface area contributed by atoms with E-state index in [1.54, 1.807) is 6.08 Å². The molecule has 1 aromatic carbocycles. The Labute approximate surface area is 123 Å². The molecule has 1 aromatic heterocycles. The van der Waals surface area contributed by atoms with Gasteiger partial charge in [-0.15, -0.1) is 0 Å². The molecule has 0 aliphatic heterocycles. The quantitative estimate of drug-likeness (QED) is 0.521. The maximum Gasteiger partial charge on any atom is 0.191 e. The molecule has 0 spiro atoms. The first kappa shape index (κ1) is 13.8. The highest BCUT2D eigenvalue weighted by Crippen LogP contribution is 2.20. The Hall–Kier alpha value is -1.65. The monoisotopic (exact) mass is 337 g/mol. The lowest BCUT2D eigenvalue weighted by Crippen LogP contribution is -1.96. The molecule has 1 N–H and O–H groups in total. The van der Waals surface area contributed by atoms with Crippen molar-refractivity contribution in [2.24, 2.45) is 0 Å². The predicted octanol–water partition coefficient (Wildman–Crippen LogP) is 4.10. The molecule has 2 aromatic rings. The van der Waals surface area contributed by atoms with Crippen LogP contribution < -0.4 is 0 Å². The van der Waals surface area contributed by atoms with Gasteiger partial charge in [0, 0.05) is 16.7 Å². The molecular weight excluding hydrogens is 330 g/mol. The molecule has 0 atom stereocenters. The van der Waals surface area contributed by atoms with Crippen LogP contribution in [-0.2, 0) is 0 Å². The minimum Gasteiger partial charge on any atom is -0.507 e. The van der Waals surface area contributed by atoms with Crippen molar-refractivity contribution in [2.45, 2.75) is 0 Å². The second-order valence-corrected chi connectivity index (χ2v) is 5.08. The summed E-state index contributed by atoms with van der Waals surface area (Å²) in [6.07, 6.45) is 4.31.